The van der Waals surface area contributed by atoms with Crippen LogP contribution >= 0.6 is 11.3 Å². The summed E-state index contributed by atoms with van der Waals surface area (Å²) in [6.45, 7) is 8.40. The van der Waals surface area contributed by atoms with E-state index >= 15 is 0 Å². The van der Waals surface area contributed by atoms with Crippen LogP contribution < -0.4 is 10.2 Å². The maximum atomic E-state index is 11.8. The molecule has 2 fully saturated rings. The minimum Gasteiger partial charge on any atom is -0.369 e. The second-order valence-corrected chi connectivity index (χ2v) is 10.5. The molecule has 2 saturated heterocycles. The fraction of sp³-hybridized carbons (Fsp3) is 0.696. The Balaban J connectivity index is 1.31. The van der Waals surface area contributed by atoms with Gasteiger partial charge in [0, 0.05) is 30.9 Å². The molecule has 162 valence electrons. The van der Waals surface area contributed by atoms with Crippen molar-refractivity contribution in [2.75, 3.05) is 38.0 Å². The lowest BCUT2D eigenvalue weighted by molar-refractivity contribution is -0.920. The molecule has 1 amide bonds. The topological polar surface area (TPSA) is 62.6 Å². The number of nitrogens with zero attached hydrogens (tertiary/aromatic N) is 3. The molecule has 0 radical (unpaired) electrons. The van der Waals surface area contributed by atoms with Crippen LogP contribution in [0.25, 0.3) is 10.2 Å². The van der Waals surface area contributed by atoms with Gasteiger partial charge in [0.05, 0.1) is 18.5 Å². The molecule has 5 rings (SSSR count). The standard InChI is InChI=1S/C23H33N5OS/c1-16-8-13-27(14-9-16)15-19-25-22(24-10-4-12-28-11-3-7-20(28)29)21-17-5-2-6-18(17)30-23(21)26-19/h16H,2-15H2,1H3,(H,24,25,26)/p+1. The molecule has 6 nitrogen and oxygen atoms in total. The number of nitrogens with one attached hydrogen (secondary N) is 2. The first kappa shape index (κ1) is 20.2. The van der Waals surface area contributed by atoms with Gasteiger partial charge < -0.3 is 15.1 Å². The normalized spacial score (nSPS) is 24.0. The van der Waals surface area contributed by atoms with Gasteiger partial charge in [0.1, 0.15) is 17.2 Å². The van der Waals surface area contributed by atoms with E-state index < -0.39 is 0 Å². The molecule has 30 heavy (non-hydrogen) atoms. The Hall–Kier alpha value is -1.73. The average molecular weight is 429 g/mol. The van der Waals surface area contributed by atoms with Gasteiger partial charge in [-0.15, -0.1) is 11.3 Å². The number of amides is 1. The van der Waals surface area contributed by atoms with Crippen molar-refractivity contribution in [1.82, 2.24) is 14.9 Å². The second-order valence-electron chi connectivity index (χ2n) is 9.40. The molecule has 7 heteroatoms. The number of anilines is 1. The van der Waals surface area contributed by atoms with Crippen LogP contribution in [0.3, 0.4) is 0 Å². The van der Waals surface area contributed by atoms with E-state index in [0.717, 1.165) is 69.4 Å². The van der Waals surface area contributed by atoms with Crippen LogP contribution in [0.4, 0.5) is 5.82 Å². The zero-order chi connectivity index (χ0) is 20.5. The number of hydrogen-bond acceptors (Lipinski definition) is 5. The van der Waals surface area contributed by atoms with E-state index in [1.54, 1.807) is 4.90 Å². The molecular weight excluding hydrogens is 394 g/mol. The zero-order valence-corrected chi connectivity index (χ0v) is 19.0. The van der Waals surface area contributed by atoms with Crippen molar-refractivity contribution in [3.63, 3.8) is 0 Å². The van der Waals surface area contributed by atoms with Crippen LogP contribution in [0.1, 0.15) is 61.7 Å². The van der Waals surface area contributed by atoms with Crippen molar-refractivity contribution in [3.05, 3.63) is 16.3 Å². The fourth-order valence-electron chi connectivity index (χ4n) is 5.23. The van der Waals surface area contributed by atoms with Crippen molar-refractivity contribution in [2.45, 2.75) is 64.8 Å². The fourth-order valence-corrected chi connectivity index (χ4v) is 6.51. The summed E-state index contributed by atoms with van der Waals surface area (Å²) in [6, 6.07) is 0. The third-order valence-electron chi connectivity index (χ3n) is 7.07. The lowest BCUT2D eigenvalue weighted by atomic mass is 9.99. The molecule has 2 aromatic rings. The number of quaternary nitrogens is 1. The van der Waals surface area contributed by atoms with E-state index in [9.17, 15) is 4.79 Å². The maximum absolute atomic E-state index is 11.8. The number of piperidine rings is 1. The molecule has 0 atom stereocenters. The minimum atomic E-state index is 0.316. The monoisotopic (exact) mass is 428 g/mol. The quantitative estimate of drug-likeness (QED) is 0.665. The van der Waals surface area contributed by atoms with Crippen molar-refractivity contribution < 1.29 is 9.69 Å². The summed E-state index contributed by atoms with van der Waals surface area (Å²) in [5.41, 5.74) is 1.48. The summed E-state index contributed by atoms with van der Waals surface area (Å²) in [5.74, 6) is 3.20. The first-order valence-corrected chi connectivity index (χ1v) is 12.7. The Kier molecular flexibility index (Phi) is 5.92. The maximum Gasteiger partial charge on any atom is 0.222 e. The Morgan fingerprint density at radius 2 is 2.03 bits per heavy atom. The number of hydrogen-bond donors (Lipinski definition) is 2. The molecule has 0 bridgehead atoms. The number of carbonyl (C=O) groups is 1. The van der Waals surface area contributed by atoms with E-state index in [1.165, 1.54) is 59.4 Å². The van der Waals surface area contributed by atoms with Crippen LogP contribution in [-0.2, 0) is 24.2 Å². The van der Waals surface area contributed by atoms with Gasteiger partial charge in [0.2, 0.25) is 5.91 Å². The van der Waals surface area contributed by atoms with E-state index in [4.69, 9.17) is 9.97 Å². The van der Waals surface area contributed by atoms with Gasteiger partial charge in [-0.25, -0.2) is 9.97 Å². The number of rotatable bonds is 7. The lowest BCUT2D eigenvalue weighted by Gasteiger charge is -2.26. The van der Waals surface area contributed by atoms with Crippen molar-refractivity contribution in [1.29, 1.82) is 0 Å². The lowest BCUT2D eigenvalue weighted by Crippen LogP contribution is -3.11. The van der Waals surface area contributed by atoms with E-state index in [2.05, 4.69) is 12.2 Å². The second kappa shape index (κ2) is 8.79. The predicted octanol–water partition coefficient (Wildman–Crippen LogP) is 2.42. The molecule has 2 N–H and O–H groups in total. The number of fused-ring (bicyclic) bond motifs is 3. The molecule has 2 aromatic heterocycles. The smallest absolute Gasteiger partial charge is 0.222 e. The van der Waals surface area contributed by atoms with Gasteiger partial charge in [0.25, 0.3) is 0 Å². The van der Waals surface area contributed by atoms with Gasteiger partial charge in [-0.1, -0.05) is 6.92 Å². The largest absolute Gasteiger partial charge is 0.369 e. The Bertz CT molecular complexity index is 918. The number of aromatic nitrogens is 2. The highest BCUT2D eigenvalue weighted by Gasteiger charge is 2.25. The van der Waals surface area contributed by atoms with Gasteiger partial charge in [0.15, 0.2) is 5.82 Å². The van der Waals surface area contributed by atoms with Gasteiger partial charge in [-0.2, -0.15) is 0 Å². The van der Waals surface area contributed by atoms with E-state index in [1.807, 2.05) is 16.2 Å². The van der Waals surface area contributed by atoms with Crippen molar-refractivity contribution in [2.24, 2.45) is 5.92 Å². The van der Waals surface area contributed by atoms with Gasteiger partial charge in [-0.05, 0) is 56.4 Å². The third-order valence-corrected chi connectivity index (χ3v) is 8.25. The molecule has 2 aliphatic heterocycles. The van der Waals surface area contributed by atoms with Crippen LogP contribution in [0.5, 0.6) is 0 Å². The third kappa shape index (κ3) is 4.19. The Labute approximate surface area is 183 Å². The summed E-state index contributed by atoms with van der Waals surface area (Å²) in [4.78, 5) is 28.2. The molecule has 0 aromatic carbocycles. The Morgan fingerprint density at radius 3 is 2.83 bits per heavy atom. The molecule has 1 aliphatic carbocycles. The van der Waals surface area contributed by atoms with Crippen LogP contribution in [0.2, 0.25) is 0 Å². The van der Waals surface area contributed by atoms with Gasteiger partial charge >= 0.3 is 0 Å². The number of likely N-dealkylation sites (tertiary alicyclic amines) is 2. The van der Waals surface area contributed by atoms with Gasteiger partial charge in [-0.3, -0.25) is 4.79 Å². The van der Waals surface area contributed by atoms with E-state index in [0.29, 0.717) is 5.91 Å². The molecular formula is C23H34N5OS+. The highest BCUT2D eigenvalue weighted by atomic mass is 32.1. The number of aryl methyl sites for hydroxylation is 2. The van der Waals surface area contributed by atoms with E-state index in [-0.39, 0.29) is 0 Å². The predicted molar refractivity (Wildman–Crippen MR) is 121 cm³/mol. The van der Waals surface area contributed by atoms with Crippen LogP contribution in [0.15, 0.2) is 0 Å². The zero-order valence-electron chi connectivity index (χ0n) is 18.1. The number of carbonyl (C=O) groups excluding carboxylic acids is 1. The summed E-state index contributed by atoms with van der Waals surface area (Å²) in [7, 11) is 0. The van der Waals surface area contributed by atoms with Crippen LogP contribution in [0, 0.1) is 5.92 Å². The van der Waals surface area contributed by atoms with Crippen LogP contribution in [-0.4, -0.2) is 53.5 Å². The molecule has 3 aliphatic rings. The average Bonchev–Trinajstić information content (AvgIpc) is 3.43. The molecule has 4 heterocycles. The summed E-state index contributed by atoms with van der Waals surface area (Å²) in [5, 5.41) is 4.91. The summed E-state index contributed by atoms with van der Waals surface area (Å²) < 4.78 is 0. The number of thiophene rings is 1. The SMILES string of the molecule is CC1CC[NH+](Cc2nc(NCCCN3CCCC3=O)c3c4c(sc3n2)CCC4)CC1. The molecule has 0 unspecified atom stereocenters. The Morgan fingerprint density at radius 1 is 1.17 bits per heavy atom. The highest BCUT2D eigenvalue weighted by Crippen LogP contribution is 2.39. The first-order chi connectivity index (χ1) is 14.7. The molecule has 0 saturated carbocycles. The summed E-state index contributed by atoms with van der Waals surface area (Å²) >= 11 is 1.88. The van der Waals surface area contributed by atoms with Crippen molar-refractivity contribution in [3.8, 4) is 0 Å². The summed E-state index contributed by atoms with van der Waals surface area (Å²) in [6.07, 6.45) is 8.93. The minimum absolute atomic E-state index is 0.316. The molecule has 0 spiro atoms. The first-order valence-electron chi connectivity index (χ1n) is 11.8. The van der Waals surface area contributed by atoms with Crippen molar-refractivity contribution >= 4 is 33.3 Å². The highest BCUT2D eigenvalue weighted by molar-refractivity contribution is 7.19.